The van der Waals surface area contributed by atoms with Crippen LogP contribution < -0.4 is 0 Å². The van der Waals surface area contributed by atoms with E-state index in [0.29, 0.717) is 30.5 Å². The Hall–Kier alpha value is -0.910. The summed E-state index contributed by atoms with van der Waals surface area (Å²) in [4.78, 5) is 0.230. The van der Waals surface area contributed by atoms with Gasteiger partial charge in [-0.15, -0.1) is 0 Å². The molecule has 0 bridgehead atoms. The first-order valence-electron chi connectivity index (χ1n) is 6.15. The summed E-state index contributed by atoms with van der Waals surface area (Å²) < 4.78 is 26.6. The zero-order chi connectivity index (χ0) is 13.3. The molecule has 0 amide bonds. The van der Waals surface area contributed by atoms with Crippen molar-refractivity contribution in [3.05, 3.63) is 29.8 Å². The molecule has 1 fully saturated rings. The summed E-state index contributed by atoms with van der Waals surface area (Å²) in [5.74, 6) is 0.752. The van der Waals surface area contributed by atoms with Crippen molar-refractivity contribution in [2.45, 2.75) is 25.3 Å². The van der Waals surface area contributed by atoms with Crippen LogP contribution in [0.4, 0.5) is 0 Å². The Morgan fingerprint density at radius 2 is 1.78 bits per heavy atom. The van der Waals surface area contributed by atoms with Crippen LogP contribution in [-0.4, -0.2) is 30.9 Å². The van der Waals surface area contributed by atoms with Crippen LogP contribution in [-0.2, 0) is 16.6 Å². The molecule has 0 radical (unpaired) electrons. The molecule has 2 atom stereocenters. The average Bonchev–Trinajstić information content (AvgIpc) is 2.70. The Bertz CT molecular complexity index is 517. The van der Waals surface area contributed by atoms with Crippen molar-refractivity contribution in [3.63, 3.8) is 0 Å². The number of benzene rings is 1. The molecule has 2 unspecified atom stereocenters. The van der Waals surface area contributed by atoms with Gasteiger partial charge in [0.15, 0.2) is 0 Å². The summed E-state index contributed by atoms with van der Waals surface area (Å²) in [6, 6.07) is 6.64. The maximum Gasteiger partial charge on any atom is 0.243 e. The topological polar surface area (TPSA) is 57.6 Å². The Balaban J connectivity index is 2.37. The van der Waals surface area contributed by atoms with Gasteiger partial charge in [-0.2, -0.15) is 4.31 Å². The highest BCUT2D eigenvalue weighted by Crippen LogP contribution is 2.29. The molecule has 4 nitrogen and oxygen atoms in total. The third kappa shape index (κ3) is 2.30. The van der Waals surface area contributed by atoms with Crippen molar-refractivity contribution in [3.8, 4) is 0 Å². The van der Waals surface area contributed by atoms with Gasteiger partial charge in [-0.05, 0) is 23.5 Å². The van der Waals surface area contributed by atoms with Crippen LogP contribution in [0.2, 0.25) is 0 Å². The van der Waals surface area contributed by atoms with Crippen molar-refractivity contribution in [1.82, 2.24) is 4.31 Å². The second-order valence-electron chi connectivity index (χ2n) is 5.04. The second-order valence-corrected chi connectivity index (χ2v) is 6.95. The van der Waals surface area contributed by atoms with Crippen LogP contribution in [0.5, 0.6) is 0 Å². The fourth-order valence-electron chi connectivity index (χ4n) is 2.30. The van der Waals surface area contributed by atoms with Gasteiger partial charge in [-0.3, -0.25) is 0 Å². The first kappa shape index (κ1) is 13.5. The second kappa shape index (κ2) is 4.99. The summed E-state index contributed by atoms with van der Waals surface area (Å²) in [6.07, 6.45) is 0. The van der Waals surface area contributed by atoms with Crippen molar-refractivity contribution >= 4 is 10.0 Å². The first-order chi connectivity index (χ1) is 8.46. The maximum atomic E-state index is 12.5. The lowest BCUT2D eigenvalue weighted by molar-refractivity contribution is 0.278. The predicted molar refractivity (Wildman–Crippen MR) is 69.5 cm³/mol. The minimum absolute atomic E-state index is 0.230. The van der Waals surface area contributed by atoms with E-state index >= 15 is 0 Å². The molecule has 5 heteroatoms. The van der Waals surface area contributed by atoms with Gasteiger partial charge >= 0.3 is 0 Å². The van der Waals surface area contributed by atoms with Gasteiger partial charge in [-0.1, -0.05) is 32.0 Å². The highest BCUT2D eigenvalue weighted by atomic mass is 32.2. The number of sulfonamides is 1. The normalized spacial score (nSPS) is 25.5. The third-order valence-corrected chi connectivity index (χ3v) is 5.65. The van der Waals surface area contributed by atoms with E-state index in [1.54, 1.807) is 24.3 Å². The molecular formula is C13H19NO3S. The summed E-state index contributed by atoms with van der Waals surface area (Å²) in [7, 11) is -3.47. The Kier molecular flexibility index (Phi) is 3.75. The minimum atomic E-state index is -3.47. The lowest BCUT2D eigenvalue weighted by Gasteiger charge is -2.18. The number of nitrogens with zero attached hydrogens (tertiary/aromatic N) is 1. The van der Waals surface area contributed by atoms with E-state index in [2.05, 4.69) is 13.8 Å². The van der Waals surface area contributed by atoms with Gasteiger partial charge in [-0.25, -0.2) is 8.42 Å². The molecule has 18 heavy (non-hydrogen) atoms. The largest absolute Gasteiger partial charge is 0.392 e. The smallest absolute Gasteiger partial charge is 0.243 e. The summed E-state index contributed by atoms with van der Waals surface area (Å²) in [5, 5.41) is 9.25. The zero-order valence-corrected chi connectivity index (χ0v) is 11.5. The molecule has 1 N–H and O–H groups in total. The Morgan fingerprint density at radius 1 is 1.22 bits per heavy atom. The van der Waals surface area contributed by atoms with E-state index in [1.165, 1.54) is 4.31 Å². The molecule has 0 spiro atoms. The van der Waals surface area contributed by atoms with Gasteiger partial charge in [0.25, 0.3) is 0 Å². The van der Waals surface area contributed by atoms with E-state index in [-0.39, 0.29) is 11.5 Å². The molecule has 0 saturated carbocycles. The van der Waals surface area contributed by atoms with E-state index in [0.717, 1.165) is 0 Å². The van der Waals surface area contributed by atoms with E-state index in [4.69, 9.17) is 0 Å². The highest BCUT2D eigenvalue weighted by Gasteiger charge is 2.35. The summed E-state index contributed by atoms with van der Waals surface area (Å²) in [5.41, 5.74) is 0.463. The monoisotopic (exact) mass is 269 g/mol. The third-order valence-electron chi connectivity index (χ3n) is 3.72. The molecule has 1 heterocycles. The molecule has 1 aromatic rings. The SMILES string of the molecule is CC1CN(S(=O)(=O)c2ccccc2CO)CC1C. The van der Waals surface area contributed by atoms with E-state index in [9.17, 15) is 13.5 Å². The average molecular weight is 269 g/mol. The van der Waals surface area contributed by atoms with Crippen LogP contribution in [0.3, 0.4) is 0 Å². The molecule has 100 valence electrons. The summed E-state index contributed by atoms with van der Waals surface area (Å²) in [6.45, 7) is 5.00. The Morgan fingerprint density at radius 3 is 2.33 bits per heavy atom. The maximum absolute atomic E-state index is 12.5. The molecular weight excluding hydrogens is 250 g/mol. The van der Waals surface area contributed by atoms with Crippen LogP contribution in [0, 0.1) is 11.8 Å². The molecule has 1 aromatic carbocycles. The number of rotatable bonds is 3. The number of aliphatic hydroxyl groups is 1. The van der Waals surface area contributed by atoms with Crippen LogP contribution in [0.25, 0.3) is 0 Å². The fourth-order valence-corrected chi connectivity index (χ4v) is 4.15. The predicted octanol–water partition coefficient (Wildman–Crippen LogP) is 1.46. The van der Waals surface area contributed by atoms with Crippen molar-refractivity contribution < 1.29 is 13.5 Å². The standard InChI is InChI=1S/C13H19NO3S/c1-10-7-14(8-11(10)2)18(16,17)13-6-4-3-5-12(13)9-15/h3-6,10-11,15H,7-9H2,1-2H3. The molecule has 1 saturated heterocycles. The van der Waals surface area contributed by atoms with Gasteiger partial charge in [0.2, 0.25) is 10.0 Å². The molecule has 0 aliphatic carbocycles. The molecule has 2 rings (SSSR count). The van der Waals surface area contributed by atoms with E-state index < -0.39 is 10.0 Å². The highest BCUT2D eigenvalue weighted by molar-refractivity contribution is 7.89. The zero-order valence-electron chi connectivity index (χ0n) is 10.7. The van der Waals surface area contributed by atoms with Crippen LogP contribution in [0.1, 0.15) is 19.4 Å². The molecule has 1 aliphatic rings. The van der Waals surface area contributed by atoms with Gasteiger partial charge in [0.05, 0.1) is 11.5 Å². The molecule has 1 aliphatic heterocycles. The minimum Gasteiger partial charge on any atom is -0.392 e. The number of aliphatic hydroxyl groups excluding tert-OH is 1. The van der Waals surface area contributed by atoms with Crippen molar-refractivity contribution in [1.29, 1.82) is 0 Å². The quantitative estimate of drug-likeness (QED) is 0.903. The number of hydrogen-bond acceptors (Lipinski definition) is 3. The first-order valence-corrected chi connectivity index (χ1v) is 7.59. The Labute approximate surface area is 108 Å². The van der Waals surface area contributed by atoms with Crippen LogP contribution >= 0.6 is 0 Å². The van der Waals surface area contributed by atoms with E-state index in [1.807, 2.05) is 0 Å². The van der Waals surface area contributed by atoms with Crippen molar-refractivity contribution in [2.24, 2.45) is 11.8 Å². The lowest BCUT2D eigenvalue weighted by Crippen LogP contribution is -2.29. The molecule has 0 aromatic heterocycles. The van der Waals surface area contributed by atoms with Gasteiger partial charge < -0.3 is 5.11 Å². The fraction of sp³-hybridized carbons (Fsp3) is 0.538. The van der Waals surface area contributed by atoms with Gasteiger partial charge in [0, 0.05) is 13.1 Å². The van der Waals surface area contributed by atoms with Gasteiger partial charge in [0.1, 0.15) is 0 Å². The van der Waals surface area contributed by atoms with Crippen LogP contribution in [0.15, 0.2) is 29.2 Å². The number of hydrogen-bond donors (Lipinski definition) is 1. The van der Waals surface area contributed by atoms with Crippen molar-refractivity contribution in [2.75, 3.05) is 13.1 Å². The lowest BCUT2D eigenvalue weighted by atomic mass is 10.0. The summed E-state index contributed by atoms with van der Waals surface area (Å²) >= 11 is 0.